The summed E-state index contributed by atoms with van der Waals surface area (Å²) in [6, 6.07) is 0. The number of sulfone groups is 1. The average Bonchev–Trinajstić information content (AvgIpc) is 1.96. The van der Waals surface area contributed by atoms with Gasteiger partial charge in [-0.15, -0.1) is 0 Å². The monoisotopic (exact) mass is 192 g/mol. The second-order valence-electron chi connectivity index (χ2n) is 2.19. The molecule has 70 valence electrons. The van der Waals surface area contributed by atoms with E-state index in [2.05, 4.69) is 0 Å². The number of nitrogens with one attached hydrogen (secondary N) is 1. The van der Waals surface area contributed by atoms with Crippen molar-refractivity contribution in [1.82, 2.24) is 0 Å². The summed E-state index contributed by atoms with van der Waals surface area (Å²) in [5, 5.41) is 6.75. The van der Waals surface area contributed by atoms with Crippen LogP contribution in [0.4, 0.5) is 0 Å². The van der Waals surface area contributed by atoms with Crippen LogP contribution in [-0.2, 0) is 14.6 Å². The molecule has 0 unspecified atom stereocenters. The number of hydrogen-bond donors (Lipinski definition) is 2. The minimum absolute atomic E-state index is 0.0250. The van der Waals surface area contributed by atoms with Crippen molar-refractivity contribution in [2.45, 2.75) is 0 Å². The van der Waals surface area contributed by atoms with Crippen molar-refractivity contribution < 1.29 is 13.2 Å². The van der Waals surface area contributed by atoms with Gasteiger partial charge in [-0.05, 0) is 0 Å². The molecule has 0 rings (SSSR count). The molecular formula is C6H12N2O3S. The summed E-state index contributed by atoms with van der Waals surface area (Å²) >= 11 is 0. The normalized spacial score (nSPS) is 12.6. The van der Waals surface area contributed by atoms with Crippen LogP contribution in [0.25, 0.3) is 0 Å². The Kier molecular flexibility index (Phi) is 4.35. The molecule has 0 atom stereocenters. The summed E-state index contributed by atoms with van der Waals surface area (Å²) < 4.78 is 26.0. The lowest BCUT2D eigenvalue weighted by molar-refractivity contribution is 0.251. The Morgan fingerprint density at radius 3 is 2.58 bits per heavy atom. The molecule has 0 aromatic carbocycles. The lowest BCUT2D eigenvalue weighted by Gasteiger charge is -2.03. The number of hydrogen-bond acceptors (Lipinski definition) is 5. The molecule has 0 aromatic rings. The zero-order valence-corrected chi connectivity index (χ0v) is 7.60. The van der Waals surface area contributed by atoms with E-state index in [0.29, 0.717) is 0 Å². The molecule has 0 radical (unpaired) electrons. The van der Waals surface area contributed by atoms with Crippen molar-refractivity contribution >= 4 is 16.1 Å². The fourth-order valence-corrected chi connectivity index (χ4v) is 0.835. The molecule has 0 aliphatic carbocycles. The van der Waals surface area contributed by atoms with Gasteiger partial charge in [-0.2, -0.15) is 0 Å². The predicted octanol–water partition coefficient (Wildman–Crippen LogP) is -0.503. The third kappa shape index (κ3) is 5.72. The van der Waals surface area contributed by atoms with Crippen LogP contribution in [0.5, 0.6) is 0 Å². The van der Waals surface area contributed by atoms with Crippen molar-refractivity contribution in [2.24, 2.45) is 5.73 Å². The van der Waals surface area contributed by atoms with Gasteiger partial charge in [-0.1, -0.05) is 0 Å². The second kappa shape index (κ2) is 4.76. The Morgan fingerprint density at radius 2 is 2.25 bits per heavy atom. The Balaban J connectivity index is 3.78. The van der Waals surface area contributed by atoms with E-state index in [1.807, 2.05) is 0 Å². The standard InChI is InChI=1S/C6H12N2O3S/c1-12(9,10)3-2-11-6(4-7)5-8/h4-5,7H,2-3,8H2,1H3/b6-5+,7-4?. The van der Waals surface area contributed by atoms with Crippen molar-refractivity contribution in [1.29, 1.82) is 5.41 Å². The first-order chi connectivity index (χ1) is 5.49. The highest BCUT2D eigenvalue weighted by atomic mass is 32.2. The molecule has 0 spiro atoms. The first kappa shape index (κ1) is 11.0. The fraction of sp³-hybridized carbons (Fsp3) is 0.500. The van der Waals surface area contributed by atoms with Gasteiger partial charge in [0.1, 0.15) is 6.61 Å². The summed E-state index contributed by atoms with van der Waals surface area (Å²) in [5.74, 6) is 0.0942. The van der Waals surface area contributed by atoms with Crippen LogP contribution < -0.4 is 5.73 Å². The van der Waals surface area contributed by atoms with E-state index >= 15 is 0 Å². The van der Waals surface area contributed by atoms with Crippen molar-refractivity contribution in [3.63, 3.8) is 0 Å². The fourth-order valence-electron chi connectivity index (χ4n) is 0.449. The van der Waals surface area contributed by atoms with Gasteiger partial charge in [-0.25, -0.2) is 8.42 Å². The maximum absolute atomic E-state index is 10.6. The van der Waals surface area contributed by atoms with Gasteiger partial charge in [-0.3, -0.25) is 0 Å². The summed E-state index contributed by atoms with van der Waals surface area (Å²) in [6.07, 6.45) is 3.14. The van der Waals surface area contributed by atoms with Crippen LogP contribution in [0.1, 0.15) is 0 Å². The molecule has 0 bridgehead atoms. The van der Waals surface area contributed by atoms with E-state index in [1.54, 1.807) is 0 Å². The third-order valence-electron chi connectivity index (χ3n) is 1.03. The SMILES string of the molecule is CS(=O)(=O)CCO/C(C=N)=C/N. The Labute approximate surface area is 71.6 Å². The average molecular weight is 192 g/mol. The molecule has 0 saturated heterocycles. The van der Waals surface area contributed by atoms with Gasteiger partial charge in [0.25, 0.3) is 0 Å². The van der Waals surface area contributed by atoms with Gasteiger partial charge < -0.3 is 15.9 Å². The molecule has 5 nitrogen and oxygen atoms in total. The van der Waals surface area contributed by atoms with E-state index < -0.39 is 9.84 Å². The van der Waals surface area contributed by atoms with Gasteiger partial charge in [0.15, 0.2) is 15.6 Å². The molecule has 12 heavy (non-hydrogen) atoms. The molecule has 0 amide bonds. The molecule has 0 saturated carbocycles. The van der Waals surface area contributed by atoms with Crippen molar-refractivity contribution in [3.8, 4) is 0 Å². The Bertz CT molecular complexity index is 269. The maximum atomic E-state index is 10.6. The number of allylic oxidation sites excluding steroid dienone is 1. The third-order valence-corrected chi connectivity index (χ3v) is 1.94. The van der Waals surface area contributed by atoms with Crippen LogP contribution in [0.15, 0.2) is 12.0 Å². The summed E-state index contributed by atoms with van der Waals surface area (Å²) in [6.45, 7) is 0.0250. The molecule has 0 fully saturated rings. The highest BCUT2D eigenvalue weighted by Crippen LogP contribution is 1.91. The molecule has 0 aromatic heterocycles. The minimum atomic E-state index is -3.00. The lowest BCUT2D eigenvalue weighted by Crippen LogP contribution is -2.10. The van der Waals surface area contributed by atoms with Crippen LogP contribution in [0, 0.1) is 5.41 Å². The number of nitrogens with two attached hydrogens (primary N) is 1. The van der Waals surface area contributed by atoms with E-state index in [1.165, 1.54) is 0 Å². The van der Waals surface area contributed by atoms with Gasteiger partial charge in [0.05, 0.1) is 12.0 Å². The van der Waals surface area contributed by atoms with E-state index in [9.17, 15) is 8.42 Å². The maximum Gasteiger partial charge on any atom is 0.152 e. The van der Waals surface area contributed by atoms with Gasteiger partial charge in [0, 0.05) is 12.5 Å². The molecule has 0 aliphatic rings. The summed E-state index contributed by atoms with van der Waals surface area (Å²) in [4.78, 5) is 0. The van der Waals surface area contributed by atoms with Crippen molar-refractivity contribution in [2.75, 3.05) is 18.6 Å². The van der Waals surface area contributed by atoms with E-state index in [4.69, 9.17) is 15.9 Å². The molecule has 0 aliphatic heterocycles. The zero-order valence-electron chi connectivity index (χ0n) is 6.78. The molecule has 3 N–H and O–H groups in total. The van der Waals surface area contributed by atoms with E-state index in [0.717, 1.165) is 18.7 Å². The molecular weight excluding hydrogens is 180 g/mol. The summed E-state index contributed by atoms with van der Waals surface area (Å²) in [5.41, 5.74) is 5.05. The van der Waals surface area contributed by atoms with Crippen LogP contribution in [-0.4, -0.2) is 33.2 Å². The first-order valence-electron chi connectivity index (χ1n) is 3.22. The Morgan fingerprint density at radius 1 is 1.67 bits per heavy atom. The predicted molar refractivity (Wildman–Crippen MR) is 46.7 cm³/mol. The van der Waals surface area contributed by atoms with E-state index in [-0.39, 0.29) is 18.1 Å². The number of rotatable bonds is 5. The van der Waals surface area contributed by atoms with Crippen LogP contribution in [0.2, 0.25) is 0 Å². The largest absolute Gasteiger partial charge is 0.489 e. The van der Waals surface area contributed by atoms with Gasteiger partial charge in [0.2, 0.25) is 0 Å². The van der Waals surface area contributed by atoms with Crippen LogP contribution >= 0.6 is 0 Å². The topological polar surface area (TPSA) is 93.2 Å². The second-order valence-corrected chi connectivity index (χ2v) is 4.45. The highest BCUT2D eigenvalue weighted by molar-refractivity contribution is 7.90. The smallest absolute Gasteiger partial charge is 0.152 e. The molecule has 0 heterocycles. The van der Waals surface area contributed by atoms with Crippen LogP contribution in [0.3, 0.4) is 0 Å². The van der Waals surface area contributed by atoms with Gasteiger partial charge >= 0.3 is 0 Å². The zero-order chi connectivity index (χ0) is 9.61. The quantitative estimate of drug-likeness (QED) is 0.453. The minimum Gasteiger partial charge on any atom is -0.489 e. The number of ether oxygens (including phenoxy) is 1. The summed E-state index contributed by atoms with van der Waals surface area (Å²) in [7, 11) is -3.00. The molecule has 6 heteroatoms. The Hall–Kier alpha value is -1.04. The van der Waals surface area contributed by atoms with Crippen molar-refractivity contribution in [3.05, 3.63) is 12.0 Å². The highest BCUT2D eigenvalue weighted by Gasteiger charge is 2.01. The lowest BCUT2D eigenvalue weighted by atomic mass is 10.6. The first-order valence-corrected chi connectivity index (χ1v) is 5.28.